The number of imidazole rings is 1. The first-order chi connectivity index (χ1) is 21.0. The van der Waals surface area contributed by atoms with Gasteiger partial charge in [-0.05, 0) is 59.7 Å². The van der Waals surface area contributed by atoms with Gasteiger partial charge in [-0.1, -0.05) is 72.8 Å². The normalized spacial score (nSPS) is 11.6. The number of furan rings is 1. The van der Waals surface area contributed by atoms with Crippen LogP contribution in [0.15, 0.2) is 131 Å². The monoisotopic (exact) mass is 558 g/mol. The van der Waals surface area contributed by atoms with Crippen LogP contribution < -0.4 is 5.69 Å². The fraction of sp³-hybridized carbons (Fsp3) is 0.0541. The number of para-hydroxylation sites is 1. The van der Waals surface area contributed by atoms with Gasteiger partial charge in [-0.25, -0.2) is 14.8 Å². The first-order valence-electron chi connectivity index (χ1n) is 14.2. The van der Waals surface area contributed by atoms with Gasteiger partial charge in [0, 0.05) is 41.6 Å². The zero-order valence-electron chi connectivity index (χ0n) is 23.7. The average Bonchev–Trinajstić information content (AvgIpc) is 3.54. The maximum atomic E-state index is 12.5. The van der Waals surface area contributed by atoms with Gasteiger partial charge in [0.25, 0.3) is 0 Å². The maximum absolute atomic E-state index is 12.5. The van der Waals surface area contributed by atoms with Gasteiger partial charge in [-0.3, -0.25) is 9.13 Å². The van der Waals surface area contributed by atoms with Gasteiger partial charge >= 0.3 is 5.69 Å². The van der Waals surface area contributed by atoms with Gasteiger partial charge in [0.05, 0.1) is 22.4 Å². The molecular formula is C37H26N4O2. The summed E-state index contributed by atoms with van der Waals surface area (Å²) in [5.41, 5.74) is 10.2. The third-order valence-electron chi connectivity index (χ3n) is 8.19. The molecule has 0 spiro atoms. The Morgan fingerprint density at radius 1 is 0.512 bits per heavy atom. The van der Waals surface area contributed by atoms with Gasteiger partial charge in [0.1, 0.15) is 11.2 Å². The Morgan fingerprint density at radius 2 is 1.14 bits per heavy atom. The molecule has 0 bridgehead atoms. The summed E-state index contributed by atoms with van der Waals surface area (Å²) in [7, 11) is 3.61. The van der Waals surface area contributed by atoms with Gasteiger partial charge < -0.3 is 4.42 Å². The van der Waals surface area contributed by atoms with E-state index in [1.165, 1.54) is 0 Å². The van der Waals surface area contributed by atoms with E-state index in [9.17, 15) is 4.79 Å². The second kappa shape index (κ2) is 9.67. The van der Waals surface area contributed by atoms with Crippen LogP contribution in [0.2, 0.25) is 0 Å². The molecule has 43 heavy (non-hydrogen) atoms. The van der Waals surface area contributed by atoms with Crippen LogP contribution >= 0.6 is 0 Å². The van der Waals surface area contributed by atoms with Crippen LogP contribution in [0.3, 0.4) is 0 Å². The molecule has 3 aromatic heterocycles. The van der Waals surface area contributed by atoms with Gasteiger partial charge in [0.15, 0.2) is 5.82 Å². The Balaban J connectivity index is 1.29. The lowest BCUT2D eigenvalue weighted by Gasteiger charge is -2.11. The van der Waals surface area contributed by atoms with E-state index in [1.54, 1.807) is 16.2 Å². The Hall–Kier alpha value is -5.75. The summed E-state index contributed by atoms with van der Waals surface area (Å²) in [6.07, 6.45) is 0. The number of rotatable bonds is 4. The molecule has 6 nitrogen and oxygen atoms in total. The Morgan fingerprint density at radius 3 is 1.98 bits per heavy atom. The van der Waals surface area contributed by atoms with Crippen molar-refractivity contribution in [2.75, 3.05) is 0 Å². The largest absolute Gasteiger partial charge is 0.456 e. The highest BCUT2D eigenvalue weighted by molar-refractivity contribution is 6.06. The smallest absolute Gasteiger partial charge is 0.328 e. The topological polar surface area (TPSA) is 65.8 Å². The second-order valence-corrected chi connectivity index (χ2v) is 10.8. The quantitative estimate of drug-likeness (QED) is 0.218. The molecule has 0 N–H and O–H groups in total. The van der Waals surface area contributed by atoms with Crippen LogP contribution in [0.1, 0.15) is 0 Å². The van der Waals surface area contributed by atoms with E-state index in [0.29, 0.717) is 5.82 Å². The summed E-state index contributed by atoms with van der Waals surface area (Å²) in [6, 6.07) is 40.9. The Bertz CT molecular complexity index is 2400. The van der Waals surface area contributed by atoms with E-state index < -0.39 is 0 Å². The molecule has 0 saturated carbocycles. The molecule has 3 heterocycles. The van der Waals surface area contributed by atoms with Crippen LogP contribution in [0.5, 0.6) is 0 Å². The van der Waals surface area contributed by atoms with Crippen LogP contribution in [0.4, 0.5) is 0 Å². The highest BCUT2D eigenvalue weighted by atomic mass is 16.3. The minimum atomic E-state index is -0.0375. The van der Waals surface area contributed by atoms with Crippen LogP contribution in [-0.4, -0.2) is 19.1 Å². The van der Waals surface area contributed by atoms with Crippen LogP contribution in [0.25, 0.3) is 78.0 Å². The fourth-order valence-corrected chi connectivity index (χ4v) is 5.89. The third kappa shape index (κ3) is 4.15. The third-order valence-corrected chi connectivity index (χ3v) is 8.19. The molecule has 0 radical (unpaired) electrons. The first kappa shape index (κ1) is 25.0. The summed E-state index contributed by atoms with van der Waals surface area (Å²) >= 11 is 0. The molecule has 5 aromatic carbocycles. The van der Waals surface area contributed by atoms with Crippen molar-refractivity contribution < 1.29 is 4.42 Å². The molecule has 0 aliphatic heterocycles. The zero-order chi connectivity index (χ0) is 29.1. The van der Waals surface area contributed by atoms with E-state index in [2.05, 4.69) is 54.6 Å². The van der Waals surface area contributed by atoms with Crippen molar-refractivity contribution in [1.82, 2.24) is 19.1 Å². The summed E-state index contributed by atoms with van der Waals surface area (Å²) < 4.78 is 9.43. The van der Waals surface area contributed by atoms with Crippen molar-refractivity contribution in [3.63, 3.8) is 0 Å². The van der Waals surface area contributed by atoms with E-state index in [1.807, 2.05) is 73.8 Å². The van der Waals surface area contributed by atoms with Crippen molar-refractivity contribution in [3.8, 4) is 45.0 Å². The predicted molar refractivity (Wildman–Crippen MR) is 173 cm³/mol. The molecule has 8 aromatic rings. The lowest BCUT2D eigenvalue weighted by atomic mass is 10.00. The standard InChI is InChI=1S/C37H26N4O2/c1-40-32-17-15-25(21-33(32)41(2)37(40)42)24-11-8-12-26(19-24)30-22-31(39-36(38-30)23-9-4-3-5-10-23)27-16-18-35-29(20-27)28-13-6-7-14-34(28)43-35/h3-22H,1-2H3. The molecule has 0 saturated heterocycles. The van der Waals surface area contributed by atoms with Crippen molar-refractivity contribution >= 4 is 33.0 Å². The number of hydrogen-bond acceptors (Lipinski definition) is 4. The number of aryl methyl sites for hydroxylation is 2. The molecular weight excluding hydrogens is 532 g/mol. The summed E-state index contributed by atoms with van der Waals surface area (Å²) in [4.78, 5) is 22.6. The summed E-state index contributed by atoms with van der Waals surface area (Å²) in [6.45, 7) is 0. The number of aromatic nitrogens is 4. The summed E-state index contributed by atoms with van der Waals surface area (Å²) in [5.74, 6) is 0.663. The predicted octanol–water partition coefficient (Wildman–Crippen LogP) is 8.23. The fourth-order valence-electron chi connectivity index (χ4n) is 5.89. The first-order valence-corrected chi connectivity index (χ1v) is 14.2. The molecule has 0 unspecified atom stereocenters. The minimum absolute atomic E-state index is 0.0375. The highest BCUT2D eigenvalue weighted by Crippen LogP contribution is 2.34. The average molecular weight is 559 g/mol. The molecule has 6 heteroatoms. The van der Waals surface area contributed by atoms with Crippen LogP contribution in [0, 0.1) is 0 Å². The molecule has 206 valence electrons. The van der Waals surface area contributed by atoms with E-state index in [-0.39, 0.29) is 5.69 Å². The Labute approximate surface area is 247 Å². The van der Waals surface area contributed by atoms with Crippen molar-refractivity contribution in [2.45, 2.75) is 0 Å². The summed E-state index contributed by atoms with van der Waals surface area (Å²) in [5, 5.41) is 2.14. The number of fused-ring (bicyclic) bond motifs is 4. The van der Waals surface area contributed by atoms with Crippen molar-refractivity contribution in [1.29, 1.82) is 0 Å². The number of nitrogens with zero attached hydrogens (tertiary/aromatic N) is 4. The van der Waals surface area contributed by atoms with Gasteiger partial charge in [0.2, 0.25) is 0 Å². The lowest BCUT2D eigenvalue weighted by molar-refractivity contribution is 0.669. The van der Waals surface area contributed by atoms with Gasteiger partial charge in [-0.2, -0.15) is 0 Å². The highest BCUT2D eigenvalue weighted by Gasteiger charge is 2.14. The van der Waals surface area contributed by atoms with E-state index in [0.717, 1.165) is 72.2 Å². The molecule has 0 aliphatic carbocycles. The van der Waals surface area contributed by atoms with Gasteiger partial charge in [-0.15, -0.1) is 0 Å². The molecule has 8 rings (SSSR count). The molecule has 0 fully saturated rings. The van der Waals surface area contributed by atoms with E-state index in [4.69, 9.17) is 14.4 Å². The van der Waals surface area contributed by atoms with E-state index >= 15 is 0 Å². The number of hydrogen-bond donors (Lipinski definition) is 0. The number of benzene rings is 5. The SMILES string of the molecule is Cn1c(=O)n(C)c2cc(-c3cccc(-c4cc(-c5ccc6oc7ccccc7c6c5)nc(-c5ccccc5)n4)c3)ccc21. The minimum Gasteiger partial charge on any atom is -0.456 e. The molecule has 0 atom stereocenters. The van der Waals surface area contributed by atoms with Crippen molar-refractivity contribution in [2.24, 2.45) is 14.1 Å². The van der Waals surface area contributed by atoms with Crippen LogP contribution in [-0.2, 0) is 14.1 Å². The molecule has 0 amide bonds. The van der Waals surface area contributed by atoms with Crippen molar-refractivity contribution in [3.05, 3.63) is 132 Å². The second-order valence-electron chi connectivity index (χ2n) is 10.8. The Kier molecular flexibility index (Phi) is 5.62. The zero-order valence-corrected chi connectivity index (χ0v) is 23.7. The lowest BCUT2D eigenvalue weighted by Crippen LogP contribution is -2.19. The molecule has 0 aliphatic rings. The maximum Gasteiger partial charge on any atom is 0.328 e.